The van der Waals surface area contributed by atoms with E-state index in [2.05, 4.69) is 9.88 Å². The molecule has 7 nitrogen and oxygen atoms in total. The molecule has 2 aliphatic heterocycles. The number of carbonyl (C=O) groups excluding carboxylic acids is 1. The van der Waals surface area contributed by atoms with E-state index in [1.165, 1.54) is 0 Å². The van der Waals surface area contributed by atoms with Crippen LogP contribution in [0.2, 0.25) is 0 Å². The van der Waals surface area contributed by atoms with E-state index in [1.54, 1.807) is 22.2 Å². The summed E-state index contributed by atoms with van der Waals surface area (Å²) in [6, 6.07) is 3.47. The maximum Gasteiger partial charge on any atom is 0.320 e. The molecule has 25 heavy (non-hydrogen) atoms. The molecule has 2 fully saturated rings. The van der Waals surface area contributed by atoms with Crippen LogP contribution in [0.4, 0.5) is 4.79 Å². The normalized spacial score (nSPS) is 25.6. The van der Waals surface area contributed by atoms with E-state index in [-0.39, 0.29) is 29.6 Å². The third kappa shape index (κ3) is 3.79. The number of hydrogen-bond acceptors (Lipinski definition) is 5. The van der Waals surface area contributed by atoms with Crippen molar-refractivity contribution in [2.24, 2.45) is 0 Å². The molecule has 0 radical (unpaired) electrons. The predicted octanol–water partition coefficient (Wildman–Crippen LogP) is 0.827. The van der Waals surface area contributed by atoms with Gasteiger partial charge in [0, 0.05) is 51.2 Å². The number of fused-ring (bicyclic) bond motifs is 1. The van der Waals surface area contributed by atoms with Crippen LogP contribution in [0.25, 0.3) is 0 Å². The number of pyridine rings is 1. The van der Waals surface area contributed by atoms with Crippen LogP contribution in [0, 0.1) is 0 Å². The van der Waals surface area contributed by atoms with Gasteiger partial charge < -0.3 is 9.80 Å². The zero-order valence-corrected chi connectivity index (χ0v) is 15.7. The van der Waals surface area contributed by atoms with E-state index in [9.17, 15) is 13.2 Å². The summed E-state index contributed by atoms with van der Waals surface area (Å²) < 4.78 is 24.6. The summed E-state index contributed by atoms with van der Waals surface area (Å²) >= 11 is 0. The number of piperazine rings is 1. The van der Waals surface area contributed by atoms with Gasteiger partial charge in [0.05, 0.1) is 17.5 Å². The monoisotopic (exact) mass is 366 g/mol. The molecular weight excluding hydrogens is 340 g/mol. The Morgan fingerprint density at radius 3 is 2.44 bits per heavy atom. The average Bonchev–Trinajstić information content (AvgIpc) is 2.92. The van der Waals surface area contributed by atoms with E-state index in [0.29, 0.717) is 32.7 Å². The zero-order chi connectivity index (χ0) is 18.0. The summed E-state index contributed by atoms with van der Waals surface area (Å²) in [5.74, 6) is 0.197. The smallest absolute Gasteiger partial charge is 0.320 e. The fourth-order valence-corrected chi connectivity index (χ4v) is 5.87. The SMILES string of the molecule is CCN(CC)C(=O)N1CCN(Cc2ccncc2)[C@@H]2CS(=O)(=O)C[C@@H]21. The first-order chi connectivity index (χ1) is 11.9. The Morgan fingerprint density at radius 2 is 1.80 bits per heavy atom. The van der Waals surface area contributed by atoms with Crippen LogP contribution in [-0.4, -0.2) is 83.9 Å². The Labute approximate surface area is 149 Å². The highest BCUT2D eigenvalue weighted by Gasteiger charge is 2.48. The van der Waals surface area contributed by atoms with Crippen molar-refractivity contribution in [3.8, 4) is 0 Å². The van der Waals surface area contributed by atoms with E-state index in [4.69, 9.17) is 0 Å². The molecule has 0 aliphatic carbocycles. The van der Waals surface area contributed by atoms with Crippen molar-refractivity contribution in [1.82, 2.24) is 19.7 Å². The number of aromatic nitrogens is 1. The fourth-order valence-electron chi connectivity index (χ4n) is 3.86. The Morgan fingerprint density at radius 1 is 1.16 bits per heavy atom. The summed E-state index contributed by atoms with van der Waals surface area (Å²) in [6.07, 6.45) is 3.50. The number of urea groups is 1. The van der Waals surface area contributed by atoms with Crippen molar-refractivity contribution in [2.45, 2.75) is 32.5 Å². The topological polar surface area (TPSA) is 73.8 Å². The standard InChI is InChI=1S/C17H26N4O3S/c1-3-19(4-2)17(22)21-10-9-20(11-14-5-7-18-8-6-14)15-12-25(23,24)13-16(15)21/h5-8,15-16H,3-4,9-13H2,1-2H3/t15-,16+/m1/s1. The maximum atomic E-state index is 12.8. The molecule has 0 saturated carbocycles. The van der Waals surface area contributed by atoms with Gasteiger partial charge in [-0.05, 0) is 31.5 Å². The molecule has 2 atom stereocenters. The van der Waals surface area contributed by atoms with Gasteiger partial charge >= 0.3 is 6.03 Å². The minimum Gasteiger partial charge on any atom is -0.325 e. The van der Waals surface area contributed by atoms with Crippen LogP contribution in [0.1, 0.15) is 19.4 Å². The van der Waals surface area contributed by atoms with E-state index in [1.807, 2.05) is 26.0 Å². The highest BCUT2D eigenvalue weighted by Crippen LogP contribution is 2.29. The van der Waals surface area contributed by atoms with Gasteiger partial charge in [0.15, 0.2) is 9.84 Å². The van der Waals surface area contributed by atoms with Gasteiger partial charge in [-0.2, -0.15) is 0 Å². The first-order valence-electron chi connectivity index (χ1n) is 8.84. The van der Waals surface area contributed by atoms with Crippen molar-refractivity contribution in [1.29, 1.82) is 0 Å². The molecule has 0 spiro atoms. The van der Waals surface area contributed by atoms with Gasteiger partial charge in [-0.3, -0.25) is 9.88 Å². The lowest BCUT2D eigenvalue weighted by Gasteiger charge is -2.45. The summed E-state index contributed by atoms with van der Waals surface area (Å²) in [5.41, 5.74) is 1.11. The number of carbonyl (C=O) groups is 1. The quantitative estimate of drug-likeness (QED) is 0.789. The minimum atomic E-state index is -3.13. The highest BCUT2D eigenvalue weighted by molar-refractivity contribution is 7.91. The molecule has 0 N–H and O–H groups in total. The first-order valence-corrected chi connectivity index (χ1v) is 10.7. The molecule has 0 aromatic carbocycles. The number of nitrogens with zero attached hydrogens (tertiary/aromatic N) is 4. The van der Waals surface area contributed by atoms with Crippen LogP contribution in [0.15, 0.2) is 24.5 Å². The summed E-state index contributed by atoms with van der Waals surface area (Å²) in [5, 5.41) is 0. The molecule has 3 heterocycles. The van der Waals surface area contributed by atoms with Crippen LogP contribution < -0.4 is 0 Å². The lowest BCUT2D eigenvalue weighted by atomic mass is 10.0. The Bertz CT molecular complexity index is 706. The van der Waals surface area contributed by atoms with Crippen molar-refractivity contribution >= 4 is 15.9 Å². The molecule has 2 saturated heterocycles. The Kier molecular flexibility index (Phi) is 5.29. The number of amides is 2. The van der Waals surface area contributed by atoms with Gasteiger partial charge in [0.1, 0.15) is 0 Å². The Hall–Kier alpha value is -1.67. The summed E-state index contributed by atoms with van der Waals surface area (Å²) in [4.78, 5) is 22.6. The van der Waals surface area contributed by atoms with Gasteiger partial charge in [-0.1, -0.05) is 0 Å². The molecule has 0 unspecified atom stereocenters. The van der Waals surface area contributed by atoms with E-state index < -0.39 is 9.84 Å². The fraction of sp³-hybridized carbons (Fsp3) is 0.647. The number of hydrogen-bond donors (Lipinski definition) is 0. The molecule has 1 aromatic heterocycles. The van der Waals surface area contributed by atoms with Gasteiger partial charge in [-0.15, -0.1) is 0 Å². The zero-order valence-electron chi connectivity index (χ0n) is 14.8. The second-order valence-electron chi connectivity index (χ2n) is 6.69. The molecule has 138 valence electrons. The van der Waals surface area contributed by atoms with Crippen LogP contribution >= 0.6 is 0 Å². The summed E-state index contributed by atoms with van der Waals surface area (Å²) in [6.45, 7) is 7.11. The molecule has 0 bridgehead atoms. The number of rotatable bonds is 4. The van der Waals surface area contributed by atoms with Gasteiger partial charge in [-0.25, -0.2) is 13.2 Å². The van der Waals surface area contributed by atoms with Gasteiger partial charge in [0.2, 0.25) is 0 Å². The largest absolute Gasteiger partial charge is 0.325 e. The molecule has 1 aromatic rings. The maximum absolute atomic E-state index is 12.8. The van der Waals surface area contributed by atoms with Crippen LogP contribution in [-0.2, 0) is 16.4 Å². The van der Waals surface area contributed by atoms with Crippen molar-refractivity contribution < 1.29 is 13.2 Å². The lowest BCUT2D eigenvalue weighted by Crippen LogP contribution is -2.62. The molecule has 2 amide bonds. The number of sulfone groups is 1. The van der Waals surface area contributed by atoms with E-state index in [0.717, 1.165) is 5.56 Å². The molecular formula is C17H26N4O3S. The first kappa shape index (κ1) is 18.1. The third-order valence-corrected chi connectivity index (χ3v) is 6.90. The molecule has 3 rings (SSSR count). The molecule has 8 heteroatoms. The van der Waals surface area contributed by atoms with Crippen LogP contribution in [0.3, 0.4) is 0 Å². The van der Waals surface area contributed by atoms with Crippen molar-refractivity contribution in [3.05, 3.63) is 30.1 Å². The third-order valence-electron chi connectivity index (χ3n) is 5.21. The lowest BCUT2D eigenvalue weighted by molar-refractivity contribution is 0.0482. The average molecular weight is 366 g/mol. The Balaban J connectivity index is 1.81. The second-order valence-corrected chi connectivity index (χ2v) is 8.84. The van der Waals surface area contributed by atoms with Crippen molar-refractivity contribution in [3.63, 3.8) is 0 Å². The second kappa shape index (κ2) is 7.29. The van der Waals surface area contributed by atoms with Crippen molar-refractivity contribution in [2.75, 3.05) is 37.7 Å². The predicted molar refractivity (Wildman–Crippen MR) is 95.9 cm³/mol. The van der Waals surface area contributed by atoms with Gasteiger partial charge in [0.25, 0.3) is 0 Å². The van der Waals surface area contributed by atoms with E-state index >= 15 is 0 Å². The van der Waals surface area contributed by atoms with Crippen LogP contribution in [0.5, 0.6) is 0 Å². The molecule has 2 aliphatic rings. The highest BCUT2D eigenvalue weighted by atomic mass is 32.2. The summed E-state index contributed by atoms with van der Waals surface area (Å²) in [7, 11) is -3.13. The minimum absolute atomic E-state index is 0.0411.